The van der Waals surface area contributed by atoms with Crippen LogP contribution >= 0.6 is 24.0 Å². The van der Waals surface area contributed by atoms with E-state index in [1.807, 2.05) is 14.0 Å². The topological polar surface area (TPSA) is 73.8 Å². The van der Waals surface area contributed by atoms with Gasteiger partial charge in [-0.1, -0.05) is 13.3 Å². The Morgan fingerprint density at radius 2 is 1.95 bits per heavy atom. The second-order valence-electron chi connectivity index (χ2n) is 4.18. The van der Waals surface area contributed by atoms with Gasteiger partial charge in [-0.3, -0.25) is 4.99 Å². The predicted molar refractivity (Wildman–Crippen MR) is 91.8 cm³/mol. The lowest BCUT2D eigenvalue weighted by Gasteiger charge is -2.21. The molecule has 0 aliphatic rings. The van der Waals surface area contributed by atoms with Crippen LogP contribution in [0, 0.1) is 0 Å². The smallest absolute Gasteiger partial charge is 0.208 e. The van der Waals surface area contributed by atoms with Crippen molar-refractivity contribution >= 4 is 40.0 Å². The van der Waals surface area contributed by atoms with E-state index < -0.39 is 10.0 Å². The van der Waals surface area contributed by atoms with Gasteiger partial charge in [-0.25, -0.2) is 13.1 Å². The standard InChI is InChI=1S/C11H26N4O2S.HI/c1-5-7-10-15(3)11(12-6-2)13-8-9-14-18(4,16)17;/h14H,5-10H2,1-4H3,(H,12,13);1H. The molecular weight excluding hydrogens is 379 g/mol. The molecule has 0 aliphatic heterocycles. The molecule has 2 N–H and O–H groups in total. The number of aliphatic imine (C=N–C) groups is 1. The third-order valence-corrected chi connectivity index (χ3v) is 3.01. The molecule has 116 valence electrons. The summed E-state index contributed by atoms with van der Waals surface area (Å²) in [5.74, 6) is 0.821. The number of rotatable bonds is 8. The van der Waals surface area contributed by atoms with Crippen LogP contribution in [0.2, 0.25) is 0 Å². The number of halogens is 1. The molecule has 0 bridgehead atoms. The number of sulfonamides is 1. The fraction of sp³-hybridized carbons (Fsp3) is 0.909. The van der Waals surface area contributed by atoms with E-state index >= 15 is 0 Å². The van der Waals surface area contributed by atoms with E-state index in [1.165, 1.54) is 0 Å². The molecule has 0 fully saturated rings. The van der Waals surface area contributed by atoms with Gasteiger partial charge in [-0.15, -0.1) is 24.0 Å². The lowest BCUT2D eigenvalue weighted by molar-refractivity contribution is 0.465. The first-order valence-electron chi connectivity index (χ1n) is 6.34. The van der Waals surface area contributed by atoms with Crippen molar-refractivity contribution in [1.82, 2.24) is 14.9 Å². The maximum absolute atomic E-state index is 10.9. The molecule has 0 aromatic heterocycles. The van der Waals surface area contributed by atoms with Crippen molar-refractivity contribution in [2.45, 2.75) is 26.7 Å². The summed E-state index contributed by atoms with van der Waals surface area (Å²) in [5.41, 5.74) is 0. The SMILES string of the molecule is CCCCN(C)C(=NCCNS(C)(=O)=O)NCC.I. The number of guanidine groups is 1. The summed E-state index contributed by atoms with van der Waals surface area (Å²) in [6.07, 6.45) is 3.40. The summed E-state index contributed by atoms with van der Waals surface area (Å²) in [4.78, 5) is 6.44. The van der Waals surface area contributed by atoms with Gasteiger partial charge in [0.1, 0.15) is 0 Å². The minimum absolute atomic E-state index is 0. The first-order valence-corrected chi connectivity index (χ1v) is 8.24. The van der Waals surface area contributed by atoms with Gasteiger partial charge in [-0.2, -0.15) is 0 Å². The van der Waals surface area contributed by atoms with Crippen LogP contribution < -0.4 is 10.0 Å². The Labute approximate surface area is 134 Å². The van der Waals surface area contributed by atoms with Gasteiger partial charge in [0.25, 0.3) is 0 Å². The Bertz CT molecular complexity index is 347. The van der Waals surface area contributed by atoms with E-state index in [9.17, 15) is 8.42 Å². The Morgan fingerprint density at radius 1 is 1.32 bits per heavy atom. The van der Waals surface area contributed by atoms with Gasteiger partial charge in [0.15, 0.2) is 5.96 Å². The molecule has 0 aliphatic carbocycles. The van der Waals surface area contributed by atoms with E-state index in [0.717, 1.165) is 38.1 Å². The second-order valence-corrected chi connectivity index (χ2v) is 6.01. The minimum atomic E-state index is -3.12. The highest BCUT2D eigenvalue weighted by molar-refractivity contribution is 14.0. The summed E-state index contributed by atoms with van der Waals surface area (Å²) >= 11 is 0. The third kappa shape index (κ3) is 12.7. The van der Waals surface area contributed by atoms with E-state index in [0.29, 0.717) is 13.1 Å². The molecule has 0 unspecified atom stereocenters. The van der Waals surface area contributed by atoms with E-state index in [4.69, 9.17) is 0 Å². The molecule has 0 rings (SSSR count). The van der Waals surface area contributed by atoms with Crippen molar-refractivity contribution < 1.29 is 8.42 Å². The molecule has 0 amide bonds. The van der Waals surface area contributed by atoms with Crippen LogP contribution in [0.3, 0.4) is 0 Å². The normalized spacial score (nSPS) is 11.9. The second kappa shape index (κ2) is 11.7. The van der Waals surface area contributed by atoms with Gasteiger partial charge >= 0.3 is 0 Å². The molecule has 0 heterocycles. The van der Waals surface area contributed by atoms with E-state index in [1.54, 1.807) is 0 Å². The van der Waals surface area contributed by atoms with Crippen molar-refractivity contribution in [2.75, 3.05) is 39.5 Å². The highest BCUT2D eigenvalue weighted by atomic mass is 127. The van der Waals surface area contributed by atoms with Gasteiger partial charge < -0.3 is 10.2 Å². The van der Waals surface area contributed by atoms with Gasteiger partial charge in [-0.05, 0) is 13.3 Å². The summed E-state index contributed by atoms with van der Waals surface area (Å²) < 4.78 is 24.2. The summed E-state index contributed by atoms with van der Waals surface area (Å²) in [5, 5.41) is 3.19. The van der Waals surface area contributed by atoms with Crippen molar-refractivity contribution in [2.24, 2.45) is 4.99 Å². The van der Waals surface area contributed by atoms with Crippen molar-refractivity contribution in [3.05, 3.63) is 0 Å². The van der Waals surface area contributed by atoms with Gasteiger partial charge in [0, 0.05) is 26.7 Å². The van der Waals surface area contributed by atoms with Crippen molar-refractivity contribution in [3.8, 4) is 0 Å². The van der Waals surface area contributed by atoms with Crippen LogP contribution in [-0.4, -0.2) is 58.8 Å². The van der Waals surface area contributed by atoms with E-state index in [-0.39, 0.29) is 24.0 Å². The maximum Gasteiger partial charge on any atom is 0.208 e. The highest BCUT2D eigenvalue weighted by Gasteiger charge is 2.04. The van der Waals surface area contributed by atoms with Crippen LogP contribution in [0.4, 0.5) is 0 Å². The lowest BCUT2D eigenvalue weighted by Crippen LogP contribution is -2.40. The molecule has 8 heteroatoms. The zero-order valence-electron chi connectivity index (χ0n) is 12.3. The van der Waals surface area contributed by atoms with Crippen LogP contribution in [-0.2, 0) is 10.0 Å². The first-order chi connectivity index (χ1) is 8.40. The highest BCUT2D eigenvalue weighted by Crippen LogP contribution is 1.93. The Kier molecular flexibility index (Phi) is 13.1. The molecule has 0 saturated carbocycles. The van der Waals surface area contributed by atoms with Crippen LogP contribution in [0.15, 0.2) is 4.99 Å². The van der Waals surface area contributed by atoms with Crippen molar-refractivity contribution in [3.63, 3.8) is 0 Å². The van der Waals surface area contributed by atoms with Gasteiger partial charge in [0.05, 0.1) is 12.8 Å². The zero-order valence-corrected chi connectivity index (χ0v) is 15.4. The maximum atomic E-state index is 10.9. The summed E-state index contributed by atoms with van der Waals surface area (Å²) in [6, 6.07) is 0. The first kappa shape index (κ1) is 21.2. The number of hydrogen-bond donors (Lipinski definition) is 2. The van der Waals surface area contributed by atoms with E-state index in [2.05, 4.69) is 26.9 Å². The zero-order chi connectivity index (χ0) is 14.0. The van der Waals surface area contributed by atoms with Crippen LogP contribution in [0.25, 0.3) is 0 Å². The molecule has 6 nitrogen and oxygen atoms in total. The molecule has 19 heavy (non-hydrogen) atoms. The van der Waals surface area contributed by atoms with Crippen molar-refractivity contribution in [1.29, 1.82) is 0 Å². The number of hydrogen-bond acceptors (Lipinski definition) is 3. The Balaban J connectivity index is 0. The number of unbranched alkanes of at least 4 members (excludes halogenated alkanes) is 1. The largest absolute Gasteiger partial charge is 0.357 e. The molecule has 0 atom stereocenters. The molecule has 0 spiro atoms. The molecular formula is C11H27IN4O2S. The number of nitrogens with one attached hydrogen (secondary N) is 2. The minimum Gasteiger partial charge on any atom is -0.357 e. The third-order valence-electron chi connectivity index (χ3n) is 2.28. The fourth-order valence-corrected chi connectivity index (χ4v) is 1.83. The lowest BCUT2D eigenvalue weighted by atomic mass is 10.3. The quantitative estimate of drug-likeness (QED) is 0.271. The molecule has 0 aromatic carbocycles. The Hall–Kier alpha value is -0.0900. The van der Waals surface area contributed by atoms with Gasteiger partial charge in [0.2, 0.25) is 10.0 Å². The molecule has 0 aromatic rings. The summed E-state index contributed by atoms with van der Waals surface area (Å²) in [7, 11) is -1.13. The predicted octanol–water partition coefficient (Wildman–Crippen LogP) is 0.851. The molecule has 0 radical (unpaired) electrons. The Morgan fingerprint density at radius 3 is 2.42 bits per heavy atom. The summed E-state index contributed by atoms with van der Waals surface area (Å²) in [6.45, 7) is 6.67. The van der Waals surface area contributed by atoms with Crippen LogP contribution in [0.5, 0.6) is 0 Å². The fourth-order valence-electron chi connectivity index (χ4n) is 1.36. The number of nitrogens with zero attached hydrogens (tertiary/aromatic N) is 2. The van der Waals surface area contributed by atoms with Crippen LogP contribution in [0.1, 0.15) is 26.7 Å². The average molecular weight is 406 g/mol. The average Bonchev–Trinajstić information content (AvgIpc) is 2.28. The molecule has 0 saturated heterocycles. The monoisotopic (exact) mass is 406 g/mol.